The lowest BCUT2D eigenvalue weighted by Crippen LogP contribution is -1.97. The van der Waals surface area contributed by atoms with Crippen LogP contribution >= 0.6 is 11.6 Å². The number of hydrogen-bond acceptors (Lipinski definition) is 3. The highest BCUT2D eigenvalue weighted by Gasteiger charge is 2.12. The number of fused-ring (bicyclic) bond motifs is 1. The second kappa shape index (κ2) is 7.41. The Kier molecular flexibility index (Phi) is 4.47. The smallest absolute Gasteiger partial charge is 0.161 e. The maximum atomic E-state index is 6.45. The van der Waals surface area contributed by atoms with Gasteiger partial charge in [0.05, 0.1) is 11.2 Å². The molecule has 0 spiro atoms. The number of anilines is 2. The quantitative estimate of drug-likeness (QED) is 0.356. The molecule has 2 aromatic heterocycles. The van der Waals surface area contributed by atoms with Crippen molar-refractivity contribution in [2.45, 2.75) is 0 Å². The fourth-order valence-electron chi connectivity index (χ4n) is 3.38. The highest BCUT2D eigenvalue weighted by atomic mass is 35.5. The minimum Gasteiger partial charge on any atom is -0.323 e. The highest BCUT2D eigenvalue weighted by Crippen LogP contribution is 2.33. The van der Waals surface area contributed by atoms with Gasteiger partial charge in [-0.3, -0.25) is 5.10 Å². The summed E-state index contributed by atoms with van der Waals surface area (Å²) in [6.45, 7) is 0. The molecule has 5 rings (SSSR count). The fraction of sp³-hybridized carbons (Fsp3) is 0. The van der Waals surface area contributed by atoms with Gasteiger partial charge in [0, 0.05) is 16.0 Å². The number of benzene rings is 3. The Hall–Kier alpha value is -3.63. The summed E-state index contributed by atoms with van der Waals surface area (Å²) in [5.41, 5.74) is 4.83. The van der Waals surface area contributed by atoms with Crippen LogP contribution in [0, 0.1) is 0 Å². The van der Waals surface area contributed by atoms with E-state index in [0.29, 0.717) is 10.8 Å². The van der Waals surface area contributed by atoms with Crippen LogP contribution in [0.3, 0.4) is 0 Å². The van der Waals surface area contributed by atoms with Gasteiger partial charge in [0.1, 0.15) is 5.82 Å². The van der Waals surface area contributed by atoms with Crippen molar-refractivity contribution in [1.82, 2.24) is 15.2 Å². The first-order chi connectivity index (χ1) is 14.3. The molecular weight excluding hydrogens is 380 g/mol. The van der Waals surface area contributed by atoms with Crippen molar-refractivity contribution in [2.24, 2.45) is 0 Å². The van der Waals surface area contributed by atoms with Gasteiger partial charge < -0.3 is 5.32 Å². The molecule has 0 atom stereocenters. The molecule has 0 saturated heterocycles. The predicted molar refractivity (Wildman–Crippen MR) is 119 cm³/mol. The molecule has 2 heterocycles. The molecule has 5 aromatic rings. The van der Waals surface area contributed by atoms with Gasteiger partial charge in [0.25, 0.3) is 0 Å². The van der Waals surface area contributed by atoms with Crippen LogP contribution < -0.4 is 5.32 Å². The molecule has 29 heavy (non-hydrogen) atoms. The average molecular weight is 397 g/mol. The number of aromatic nitrogens is 3. The second-order valence-corrected chi connectivity index (χ2v) is 7.12. The molecule has 5 heteroatoms. The van der Waals surface area contributed by atoms with Crippen molar-refractivity contribution in [1.29, 1.82) is 0 Å². The SMILES string of the molecule is Clc1ccccc1-c1cc(-c2ccccc2)cc(Nc2n[nH]c3ccccc23)n1. The number of para-hydroxylation sites is 1. The Morgan fingerprint density at radius 3 is 2.38 bits per heavy atom. The van der Waals surface area contributed by atoms with Crippen LogP contribution in [0.1, 0.15) is 0 Å². The largest absolute Gasteiger partial charge is 0.323 e. The highest BCUT2D eigenvalue weighted by molar-refractivity contribution is 6.33. The molecule has 0 radical (unpaired) electrons. The lowest BCUT2D eigenvalue weighted by Gasteiger charge is -2.11. The van der Waals surface area contributed by atoms with Crippen LogP contribution in [-0.4, -0.2) is 15.2 Å². The average Bonchev–Trinajstić information content (AvgIpc) is 3.17. The molecule has 0 aliphatic heterocycles. The van der Waals surface area contributed by atoms with E-state index in [2.05, 4.69) is 33.7 Å². The molecule has 3 aromatic carbocycles. The van der Waals surface area contributed by atoms with Crippen LogP contribution in [0.2, 0.25) is 5.02 Å². The van der Waals surface area contributed by atoms with E-state index in [1.807, 2.05) is 72.8 Å². The number of nitrogens with zero attached hydrogens (tertiary/aromatic N) is 2. The van der Waals surface area contributed by atoms with Crippen molar-refractivity contribution >= 4 is 34.1 Å². The van der Waals surface area contributed by atoms with Gasteiger partial charge in [0.2, 0.25) is 0 Å². The van der Waals surface area contributed by atoms with Crippen molar-refractivity contribution in [2.75, 3.05) is 5.32 Å². The van der Waals surface area contributed by atoms with Crippen LogP contribution in [0.25, 0.3) is 33.3 Å². The van der Waals surface area contributed by atoms with Crippen molar-refractivity contribution in [3.8, 4) is 22.4 Å². The van der Waals surface area contributed by atoms with E-state index in [1.165, 1.54) is 0 Å². The van der Waals surface area contributed by atoms with Gasteiger partial charge in [-0.2, -0.15) is 5.10 Å². The third kappa shape index (κ3) is 3.46. The van der Waals surface area contributed by atoms with Gasteiger partial charge in [-0.1, -0.05) is 72.3 Å². The van der Waals surface area contributed by atoms with Gasteiger partial charge in [-0.05, 0) is 41.5 Å². The molecule has 2 N–H and O–H groups in total. The molecular formula is C24H17ClN4. The van der Waals surface area contributed by atoms with E-state index < -0.39 is 0 Å². The normalized spacial score (nSPS) is 10.9. The van der Waals surface area contributed by atoms with Crippen LogP contribution in [0.5, 0.6) is 0 Å². The molecule has 140 valence electrons. The lowest BCUT2D eigenvalue weighted by atomic mass is 10.0. The summed E-state index contributed by atoms with van der Waals surface area (Å²) in [7, 11) is 0. The number of aromatic amines is 1. The van der Waals surface area contributed by atoms with E-state index >= 15 is 0 Å². The first kappa shape index (κ1) is 17.5. The first-order valence-electron chi connectivity index (χ1n) is 9.30. The summed E-state index contributed by atoms with van der Waals surface area (Å²) in [5.74, 6) is 1.45. The van der Waals surface area contributed by atoms with Gasteiger partial charge in [0.15, 0.2) is 5.82 Å². The fourth-order valence-corrected chi connectivity index (χ4v) is 3.61. The van der Waals surface area contributed by atoms with E-state index in [0.717, 1.165) is 39.1 Å². The van der Waals surface area contributed by atoms with Gasteiger partial charge in [-0.25, -0.2) is 4.98 Å². The lowest BCUT2D eigenvalue weighted by molar-refractivity contribution is 1.11. The van der Waals surface area contributed by atoms with Gasteiger partial charge >= 0.3 is 0 Å². The summed E-state index contributed by atoms with van der Waals surface area (Å²) in [6.07, 6.45) is 0. The topological polar surface area (TPSA) is 53.6 Å². The molecule has 0 aliphatic carbocycles. The Balaban J connectivity index is 1.64. The monoisotopic (exact) mass is 396 g/mol. The summed E-state index contributed by atoms with van der Waals surface area (Å²) in [6, 6.07) is 30.0. The van der Waals surface area contributed by atoms with Crippen LogP contribution in [-0.2, 0) is 0 Å². The maximum absolute atomic E-state index is 6.45. The van der Waals surface area contributed by atoms with Crippen molar-refractivity contribution in [3.63, 3.8) is 0 Å². The molecule has 0 aliphatic rings. The predicted octanol–water partition coefficient (Wildman–Crippen LogP) is 6.69. The van der Waals surface area contributed by atoms with E-state index in [1.54, 1.807) is 0 Å². The molecule has 0 fully saturated rings. The number of pyridine rings is 1. The number of hydrogen-bond donors (Lipinski definition) is 2. The zero-order chi connectivity index (χ0) is 19.6. The molecule has 4 nitrogen and oxygen atoms in total. The zero-order valence-electron chi connectivity index (χ0n) is 15.4. The Bertz CT molecular complexity index is 1290. The Labute approximate surface area is 173 Å². The molecule has 0 bridgehead atoms. The zero-order valence-corrected chi connectivity index (χ0v) is 16.2. The van der Waals surface area contributed by atoms with Crippen molar-refractivity contribution in [3.05, 3.63) is 96.0 Å². The Morgan fingerprint density at radius 1 is 0.759 bits per heavy atom. The minimum atomic E-state index is 0.668. The summed E-state index contributed by atoms with van der Waals surface area (Å²) in [5, 5.41) is 12.5. The first-order valence-corrected chi connectivity index (χ1v) is 9.68. The summed E-state index contributed by atoms with van der Waals surface area (Å²) in [4.78, 5) is 4.82. The number of nitrogens with one attached hydrogen (secondary N) is 2. The second-order valence-electron chi connectivity index (χ2n) is 6.71. The van der Waals surface area contributed by atoms with Gasteiger partial charge in [-0.15, -0.1) is 0 Å². The van der Waals surface area contributed by atoms with Crippen LogP contribution in [0.4, 0.5) is 11.6 Å². The molecule has 0 amide bonds. The third-order valence-electron chi connectivity index (χ3n) is 4.80. The molecule has 0 unspecified atom stereocenters. The maximum Gasteiger partial charge on any atom is 0.161 e. The van der Waals surface area contributed by atoms with Crippen molar-refractivity contribution < 1.29 is 0 Å². The van der Waals surface area contributed by atoms with E-state index in [-0.39, 0.29) is 0 Å². The minimum absolute atomic E-state index is 0.668. The van der Waals surface area contributed by atoms with E-state index in [4.69, 9.17) is 16.6 Å². The van der Waals surface area contributed by atoms with Crippen LogP contribution in [0.15, 0.2) is 91.0 Å². The van der Waals surface area contributed by atoms with E-state index in [9.17, 15) is 0 Å². The third-order valence-corrected chi connectivity index (χ3v) is 5.13. The Morgan fingerprint density at radius 2 is 1.52 bits per heavy atom. The number of halogens is 1. The molecule has 0 saturated carbocycles. The summed E-state index contributed by atoms with van der Waals surface area (Å²) < 4.78 is 0. The number of rotatable bonds is 4. The summed E-state index contributed by atoms with van der Waals surface area (Å²) >= 11 is 6.45. The number of H-pyrrole nitrogens is 1. The standard InChI is InChI=1S/C24H17ClN4/c25-20-12-6-4-10-18(20)22-14-17(16-8-2-1-3-9-16)15-23(26-22)27-24-19-11-5-7-13-21(19)28-29-24/h1-15H,(H2,26,27,28,29).